The third kappa shape index (κ3) is 4.11. The van der Waals surface area contributed by atoms with Gasteiger partial charge in [0, 0.05) is 37.2 Å². The molecule has 6 nitrogen and oxygen atoms in total. The molecule has 148 valence electrons. The number of carbonyl (C=O) groups excluding carboxylic acids is 3. The Morgan fingerprint density at radius 3 is 2.57 bits per heavy atom. The summed E-state index contributed by atoms with van der Waals surface area (Å²) >= 11 is 7.40. The first kappa shape index (κ1) is 20.5. The van der Waals surface area contributed by atoms with E-state index in [-0.39, 0.29) is 23.3 Å². The fraction of sp³-hybridized carbons (Fsp3) is 0.350. The second kappa shape index (κ2) is 8.86. The van der Waals surface area contributed by atoms with Crippen molar-refractivity contribution in [2.75, 3.05) is 26.8 Å². The van der Waals surface area contributed by atoms with Crippen molar-refractivity contribution in [1.29, 1.82) is 0 Å². The van der Waals surface area contributed by atoms with Gasteiger partial charge in [-0.3, -0.25) is 19.3 Å². The molecule has 28 heavy (non-hydrogen) atoms. The minimum Gasteiger partial charge on any atom is -0.385 e. The average molecular weight is 421 g/mol. The number of imide groups is 1. The first-order chi connectivity index (χ1) is 13.5. The molecule has 0 saturated heterocycles. The van der Waals surface area contributed by atoms with E-state index in [0.717, 1.165) is 4.88 Å². The summed E-state index contributed by atoms with van der Waals surface area (Å²) in [7, 11) is 1.57. The lowest BCUT2D eigenvalue weighted by Crippen LogP contribution is -2.31. The Morgan fingerprint density at radius 1 is 1.18 bits per heavy atom. The maximum absolute atomic E-state index is 12.9. The molecule has 0 fully saturated rings. The number of ether oxygens (including phenoxy) is 1. The highest BCUT2D eigenvalue weighted by atomic mass is 35.5. The molecule has 8 heteroatoms. The van der Waals surface area contributed by atoms with Crippen LogP contribution in [0.2, 0.25) is 4.34 Å². The van der Waals surface area contributed by atoms with Gasteiger partial charge in [-0.15, -0.1) is 11.3 Å². The van der Waals surface area contributed by atoms with Crippen LogP contribution in [0.1, 0.15) is 49.3 Å². The molecule has 0 radical (unpaired) electrons. The molecular weight excluding hydrogens is 400 g/mol. The van der Waals surface area contributed by atoms with Gasteiger partial charge in [-0.25, -0.2) is 0 Å². The molecule has 2 aromatic rings. The number of hydrogen-bond acceptors (Lipinski definition) is 5. The summed E-state index contributed by atoms with van der Waals surface area (Å²) in [6, 6.07) is 8.39. The highest BCUT2D eigenvalue weighted by Gasteiger charge is 2.35. The van der Waals surface area contributed by atoms with Gasteiger partial charge in [0.2, 0.25) is 0 Å². The summed E-state index contributed by atoms with van der Waals surface area (Å²) in [5.41, 5.74) is 1.01. The normalized spacial score (nSPS) is 13.2. The summed E-state index contributed by atoms with van der Waals surface area (Å²) in [6.45, 7) is 3.62. The Kier molecular flexibility index (Phi) is 6.49. The van der Waals surface area contributed by atoms with Crippen molar-refractivity contribution in [3.63, 3.8) is 0 Å². The summed E-state index contributed by atoms with van der Waals surface area (Å²) in [4.78, 5) is 41.9. The molecule has 0 atom stereocenters. The molecule has 0 unspecified atom stereocenters. The predicted octanol–water partition coefficient (Wildman–Crippen LogP) is 3.70. The molecule has 1 aliphatic rings. The van der Waals surface area contributed by atoms with E-state index in [1.165, 1.54) is 22.3 Å². The van der Waals surface area contributed by atoms with Crippen LogP contribution in [0.3, 0.4) is 0 Å². The number of nitrogens with zero attached hydrogens (tertiary/aromatic N) is 2. The van der Waals surface area contributed by atoms with Crippen LogP contribution in [0.25, 0.3) is 0 Å². The predicted molar refractivity (Wildman–Crippen MR) is 108 cm³/mol. The third-order valence-electron chi connectivity index (χ3n) is 4.59. The van der Waals surface area contributed by atoms with Crippen LogP contribution >= 0.6 is 22.9 Å². The van der Waals surface area contributed by atoms with Crippen molar-refractivity contribution in [2.24, 2.45) is 0 Å². The largest absolute Gasteiger partial charge is 0.385 e. The fourth-order valence-electron chi connectivity index (χ4n) is 3.13. The van der Waals surface area contributed by atoms with E-state index >= 15 is 0 Å². The zero-order valence-electron chi connectivity index (χ0n) is 15.7. The lowest BCUT2D eigenvalue weighted by molar-refractivity contribution is 0.0638. The first-order valence-electron chi connectivity index (χ1n) is 8.99. The Morgan fingerprint density at radius 2 is 1.93 bits per heavy atom. The molecule has 3 amide bonds. The Bertz CT molecular complexity index is 911. The molecule has 0 saturated carbocycles. The smallest absolute Gasteiger partial charge is 0.261 e. The molecular formula is C20H21ClN2O4S. The Hall–Kier alpha value is -2.22. The van der Waals surface area contributed by atoms with Gasteiger partial charge >= 0.3 is 0 Å². The van der Waals surface area contributed by atoms with Crippen molar-refractivity contribution >= 4 is 40.7 Å². The molecule has 1 aromatic heterocycles. The molecule has 2 heterocycles. The molecule has 3 rings (SSSR count). The number of methoxy groups -OCH3 is 1. The monoisotopic (exact) mass is 420 g/mol. The zero-order chi connectivity index (χ0) is 20.3. The van der Waals surface area contributed by atoms with Gasteiger partial charge in [0.15, 0.2) is 0 Å². The zero-order valence-corrected chi connectivity index (χ0v) is 17.3. The number of thiophene rings is 1. The summed E-state index contributed by atoms with van der Waals surface area (Å²) < 4.78 is 5.66. The number of fused-ring (bicyclic) bond motifs is 1. The third-order valence-corrected chi connectivity index (χ3v) is 5.81. The van der Waals surface area contributed by atoms with Gasteiger partial charge in [0.05, 0.1) is 22.0 Å². The minimum atomic E-state index is -0.362. The second-order valence-corrected chi connectivity index (χ2v) is 8.19. The van der Waals surface area contributed by atoms with Crippen LogP contribution in [0.15, 0.2) is 30.3 Å². The van der Waals surface area contributed by atoms with Crippen molar-refractivity contribution in [1.82, 2.24) is 9.80 Å². The van der Waals surface area contributed by atoms with Crippen LogP contribution in [0.4, 0.5) is 0 Å². The molecule has 0 spiro atoms. The van der Waals surface area contributed by atoms with E-state index in [1.54, 1.807) is 30.2 Å². The Balaban J connectivity index is 1.79. The maximum atomic E-state index is 12.9. The van der Waals surface area contributed by atoms with Gasteiger partial charge in [-0.1, -0.05) is 11.6 Å². The number of benzene rings is 1. The van der Waals surface area contributed by atoms with E-state index in [1.807, 2.05) is 13.0 Å². The molecule has 0 bridgehead atoms. The summed E-state index contributed by atoms with van der Waals surface area (Å²) in [6.07, 6.45) is 0.570. The van der Waals surface area contributed by atoms with E-state index in [9.17, 15) is 14.4 Å². The van der Waals surface area contributed by atoms with Crippen LogP contribution in [0, 0.1) is 0 Å². The summed E-state index contributed by atoms with van der Waals surface area (Å²) in [5, 5.41) is 0. The lowest BCUT2D eigenvalue weighted by atomic mass is 10.0. The molecule has 0 aliphatic carbocycles. The first-order valence-corrected chi connectivity index (χ1v) is 10.2. The van der Waals surface area contributed by atoms with Gasteiger partial charge in [0.1, 0.15) is 0 Å². The minimum absolute atomic E-state index is 0.187. The van der Waals surface area contributed by atoms with E-state index in [2.05, 4.69) is 0 Å². The van der Waals surface area contributed by atoms with Crippen molar-refractivity contribution in [2.45, 2.75) is 19.9 Å². The van der Waals surface area contributed by atoms with Crippen molar-refractivity contribution in [3.05, 3.63) is 56.2 Å². The number of rotatable bonds is 8. The second-order valence-electron chi connectivity index (χ2n) is 6.39. The standard InChI is InChI=1S/C20H21ClN2O4S/c1-3-22(12-14-6-8-17(21)28-14)18(24)13-5-7-15-16(11-13)20(26)23(19(15)25)9-4-10-27-2/h5-8,11H,3-4,9-10,12H2,1-2H3. The van der Waals surface area contributed by atoms with E-state index in [0.29, 0.717) is 48.1 Å². The summed E-state index contributed by atoms with van der Waals surface area (Å²) in [5.74, 6) is -0.873. The quantitative estimate of drug-likeness (QED) is 0.482. The number of carbonyl (C=O) groups is 3. The van der Waals surface area contributed by atoms with Gasteiger partial charge < -0.3 is 9.64 Å². The van der Waals surface area contributed by atoms with Crippen LogP contribution < -0.4 is 0 Å². The van der Waals surface area contributed by atoms with Gasteiger partial charge in [-0.05, 0) is 43.7 Å². The van der Waals surface area contributed by atoms with Crippen molar-refractivity contribution < 1.29 is 19.1 Å². The van der Waals surface area contributed by atoms with Crippen LogP contribution in [0.5, 0.6) is 0 Å². The Labute approximate surface area is 172 Å². The lowest BCUT2D eigenvalue weighted by Gasteiger charge is -2.20. The molecule has 1 aliphatic heterocycles. The SMILES string of the molecule is CCN(Cc1ccc(Cl)s1)C(=O)c1ccc2c(c1)C(=O)N(CCCOC)C2=O. The maximum Gasteiger partial charge on any atom is 0.261 e. The highest BCUT2D eigenvalue weighted by Crippen LogP contribution is 2.26. The highest BCUT2D eigenvalue weighted by molar-refractivity contribution is 7.16. The number of amides is 3. The van der Waals surface area contributed by atoms with Crippen molar-refractivity contribution in [3.8, 4) is 0 Å². The van der Waals surface area contributed by atoms with Crippen LogP contribution in [-0.4, -0.2) is 54.3 Å². The number of halogens is 1. The van der Waals surface area contributed by atoms with Crippen LogP contribution in [-0.2, 0) is 11.3 Å². The average Bonchev–Trinajstić information content (AvgIpc) is 3.21. The van der Waals surface area contributed by atoms with Gasteiger partial charge in [0.25, 0.3) is 17.7 Å². The molecule has 1 aromatic carbocycles. The fourth-order valence-corrected chi connectivity index (χ4v) is 4.23. The topological polar surface area (TPSA) is 66.9 Å². The van der Waals surface area contributed by atoms with E-state index < -0.39 is 0 Å². The number of hydrogen-bond donors (Lipinski definition) is 0. The van der Waals surface area contributed by atoms with Gasteiger partial charge in [-0.2, -0.15) is 0 Å². The molecule has 0 N–H and O–H groups in total. The van der Waals surface area contributed by atoms with E-state index in [4.69, 9.17) is 16.3 Å².